The number of benzene rings is 3. The molecule has 1 heterocycles. The second-order valence-electron chi connectivity index (χ2n) is 19.3. The predicted molar refractivity (Wildman–Crippen MR) is 258 cm³/mol. The number of terminal acetylenes is 1. The fourth-order valence-electron chi connectivity index (χ4n) is 11.9. The van der Waals surface area contributed by atoms with Crippen LogP contribution < -0.4 is 9.88 Å². The van der Waals surface area contributed by atoms with Crippen LogP contribution >= 0.6 is 0 Å². The van der Waals surface area contributed by atoms with Gasteiger partial charge in [0.15, 0.2) is 6.54 Å². The number of pyridine rings is 1. The molecule has 356 valence electrons. The van der Waals surface area contributed by atoms with Crippen LogP contribution in [0.25, 0.3) is 21.8 Å². The number of nitrogens with zero attached hydrogens (tertiary/aromatic N) is 3. The van der Waals surface area contributed by atoms with E-state index in [4.69, 9.17) is 11.3 Å². The SMILES string of the molecule is C#C[C@]1(O)CC[C@H]2[C@@H]3CCC4=C/C(=N\OCCCCNC(=O)CCCN(C(=O)c5c6ccccc6[n+](CCCS(=O)(=O)O)c6ccccc56)S(=O)(=O)c5ccc(C)cc5)CC[C@@H]4[C@H]3CC[C@@]21C. The minimum Gasteiger partial charge on any atom is -0.396 e. The van der Waals surface area contributed by atoms with Crippen LogP contribution in [0.2, 0.25) is 0 Å². The van der Waals surface area contributed by atoms with Crippen LogP contribution in [-0.2, 0) is 36.3 Å². The molecule has 8 rings (SSSR count). The van der Waals surface area contributed by atoms with Gasteiger partial charge in [0.2, 0.25) is 16.9 Å². The molecule has 3 fully saturated rings. The number of unbranched alkanes of at least 4 members (excludes halogenated alkanes) is 1. The molecular weight excluding hydrogens is 889 g/mol. The summed E-state index contributed by atoms with van der Waals surface area (Å²) in [6.07, 6.45) is 17.6. The normalized spacial score (nSPS) is 25.4. The first-order chi connectivity index (χ1) is 32.0. The highest BCUT2D eigenvalue weighted by molar-refractivity contribution is 7.89. The van der Waals surface area contributed by atoms with E-state index in [0.29, 0.717) is 77.9 Å². The Morgan fingerprint density at radius 2 is 1.60 bits per heavy atom. The molecule has 0 aliphatic heterocycles. The van der Waals surface area contributed by atoms with E-state index >= 15 is 0 Å². The van der Waals surface area contributed by atoms with Gasteiger partial charge in [0, 0.05) is 43.5 Å². The van der Waals surface area contributed by atoms with Crippen molar-refractivity contribution in [3.05, 3.63) is 95.6 Å². The van der Waals surface area contributed by atoms with Crippen molar-refractivity contribution >= 4 is 59.5 Å². The first kappa shape index (κ1) is 48.3. The number of amides is 2. The van der Waals surface area contributed by atoms with Crippen LogP contribution in [-0.4, -0.2) is 79.4 Å². The van der Waals surface area contributed by atoms with Gasteiger partial charge in [-0.1, -0.05) is 65.5 Å². The largest absolute Gasteiger partial charge is 0.396 e. The van der Waals surface area contributed by atoms with Crippen molar-refractivity contribution in [2.75, 3.05) is 25.4 Å². The van der Waals surface area contributed by atoms with Crippen LogP contribution in [0.1, 0.15) is 106 Å². The van der Waals surface area contributed by atoms with Gasteiger partial charge in [-0.3, -0.25) is 14.1 Å². The number of oxime groups is 1. The highest BCUT2D eigenvalue weighted by Crippen LogP contribution is 2.64. The van der Waals surface area contributed by atoms with Crippen molar-refractivity contribution < 1.29 is 45.5 Å². The summed E-state index contributed by atoms with van der Waals surface area (Å²) < 4.78 is 64.0. The summed E-state index contributed by atoms with van der Waals surface area (Å²) in [4.78, 5) is 33.6. The maximum Gasteiger partial charge on any atom is 0.269 e. The molecule has 3 N–H and O–H groups in total. The average Bonchev–Trinajstić information content (AvgIpc) is 3.59. The Labute approximate surface area is 394 Å². The van der Waals surface area contributed by atoms with Crippen molar-refractivity contribution in [3.8, 4) is 12.3 Å². The molecule has 0 radical (unpaired) electrons. The number of aryl methyl sites for hydroxylation is 2. The number of rotatable bonds is 17. The van der Waals surface area contributed by atoms with E-state index in [1.54, 1.807) is 60.7 Å². The summed E-state index contributed by atoms with van der Waals surface area (Å²) in [6, 6.07) is 20.4. The third-order valence-corrected chi connectivity index (χ3v) is 18.0. The van der Waals surface area contributed by atoms with Crippen LogP contribution in [0.3, 0.4) is 0 Å². The number of fused-ring (bicyclic) bond motifs is 7. The first-order valence-corrected chi connectivity index (χ1v) is 26.9. The molecule has 0 spiro atoms. The molecule has 4 aromatic rings. The Balaban J connectivity index is 0.861. The lowest BCUT2D eigenvalue weighted by Gasteiger charge is -2.54. The van der Waals surface area contributed by atoms with E-state index in [0.717, 1.165) is 60.5 Å². The Morgan fingerprint density at radius 3 is 2.28 bits per heavy atom. The zero-order valence-electron chi connectivity index (χ0n) is 38.5. The van der Waals surface area contributed by atoms with Gasteiger partial charge in [-0.25, -0.2) is 12.7 Å². The molecule has 3 saturated carbocycles. The molecule has 0 saturated heterocycles. The van der Waals surface area contributed by atoms with Crippen LogP contribution in [0.15, 0.2) is 94.5 Å². The monoisotopic (exact) mass is 951 g/mol. The number of carbonyl (C=O) groups is 2. The molecule has 0 unspecified atom stereocenters. The summed E-state index contributed by atoms with van der Waals surface area (Å²) in [5.41, 5.74) is 3.48. The molecule has 0 bridgehead atoms. The van der Waals surface area contributed by atoms with Crippen molar-refractivity contribution in [2.24, 2.45) is 34.2 Å². The second kappa shape index (κ2) is 19.8. The maximum atomic E-state index is 14.9. The Hall–Kier alpha value is -5.14. The number of hydrogen-bond donors (Lipinski definition) is 3. The minimum absolute atomic E-state index is 0.00817. The van der Waals surface area contributed by atoms with E-state index in [9.17, 15) is 36.1 Å². The number of allylic oxidation sites excluding steroid dienone is 2. The topological polar surface area (TPSA) is 184 Å². The molecule has 13 nitrogen and oxygen atoms in total. The molecule has 15 heteroatoms. The van der Waals surface area contributed by atoms with Gasteiger partial charge in [0.05, 0.1) is 32.7 Å². The summed E-state index contributed by atoms with van der Waals surface area (Å²) in [6.45, 7) is 4.84. The standard InChI is InChI=1S/C52H62N4O9S2/c1-4-52(59)29-27-45-42-24-20-37-35-38(21-25-40(37)41(42)26-28-51(45,52)3)54-65-33-10-9-30-53-48(57)17-11-32-56(67(63,64)39-22-18-36(2)19-23-39)50(58)49-43-13-5-7-15-46(43)55(31-12-34-66(60,61)62)47-16-8-6-14-44(47)49/h1,5-8,13-16,18-19,22-23,35,40-42,45,59H,9-12,17,20-21,24-34H2,2-3H3,(H-,53,57,60,61,62)/p+1/b54-38-/t40-,41+,42+,45-,51-,52-/m0/s1. The zero-order chi connectivity index (χ0) is 47.6. The van der Waals surface area contributed by atoms with Gasteiger partial charge in [-0.05, 0) is 132 Å². The van der Waals surface area contributed by atoms with Crippen molar-refractivity contribution in [2.45, 2.75) is 114 Å². The molecule has 3 aromatic carbocycles. The molecule has 67 heavy (non-hydrogen) atoms. The molecule has 4 aliphatic carbocycles. The van der Waals surface area contributed by atoms with Gasteiger partial charge in [-0.15, -0.1) is 6.42 Å². The fourth-order valence-corrected chi connectivity index (χ4v) is 13.8. The summed E-state index contributed by atoms with van der Waals surface area (Å²) in [7, 11) is -8.60. The van der Waals surface area contributed by atoms with E-state index in [2.05, 4.69) is 29.4 Å². The van der Waals surface area contributed by atoms with E-state index < -0.39 is 37.4 Å². The zero-order valence-corrected chi connectivity index (χ0v) is 40.2. The van der Waals surface area contributed by atoms with Gasteiger partial charge in [-0.2, -0.15) is 13.0 Å². The fraction of sp³-hybridized carbons (Fsp3) is 0.500. The quantitative estimate of drug-likeness (QED) is 0.0239. The third-order valence-electron chi connectivity index (χ3n) is 15.4. The number of carbonyl (C=O) groups excluding carboxylic acids is 2. The summed E-state index contributed by atoms with van der Waals surface area (Å²) in [5, 5.41) is 19.6. The van der Waals surface area contributed by atoms with Crippen LogP contribution in [0.4, 0.5) is 0 Å². The number of sulfonamides is 1. The van der Waals surface area contributed by atoms with Gasteiger partial charge in [0.25, 0.3) is 26.0 Å². The van der Waals surface area contributed by atoms with Crippen LogP contribution in [0.5, 0.6) is 0 Å². The molecule has 4 aliphatic rings. The van der Waals surface area contributed by atoms with Gasteiger partial charge >= 0.3 is 0 Å². The number of para-hydroxylation sites is 2. The van der Waals surface area contributed by atoms with E-state index in [1.807, 2.05) is 11.5 Å². The Bertz CT molecular complexity index is 2800. The molecule has 2 amide bonds. The van der Waals surface area contributed by atoms with Crippen molar-refractivity contribution in [1.29, 1.82) is 0 Å². The van der Waals surface area contributed by atoms with E-state index in [1.165, 1.54) is 17.7 Å². The summed E-state index contributed by atoms with van der Waals surface area (Å²) in [5.74, 6) is 3.60. The lowest BCUT2D eigenvalue weighted by molar-refractivity contribution is -0.645. The average molecular weight is 952 g/mol. The molecule has 1 aromatic heterocycles. The third kappa shape index (κ3) is 9.91. The van der Waals surface area contributed by atoms with Gasteiger partial charge in [0.1, 0.15) is 12.2 Å². The number of hydrogen-bond acceptors (Lipinski definition) is 9. The molecule has 6 atom stereocenters. The second-order valence-corrected chi connectivity index (χ2v) is 22.7. The van der Waals surface area contributed by atoms with E-state index in [-0.39, 0.29) is 54.1 Å². The Kier molecular flexibility index (Phi) is 14.3. The van der Waals surface area contributed by atoms with Gasteiger partial charge < -0.3 is 15.3 Å². The maximum absolute atomic E-state index is 14.9. The van der Waals surface area contributed by atoms with Crippen molar-refractivity contribution in [1.82, 2.24) is 9.62 Å². The highest BCUT2D eigenvalue weighted by Gasteiger charge is 2.62. The number of aliphatic hydroxyl groups is 1. The number of aromatic nitrogens is 1. The lowest BCUT2D eigenvalue weighted by Crippen LogP contribution is -2.52. The summed E-state index contributed by atoms with van der Waals surface area (Å²) >= 11 is 0. The van der Waals surface area contributed by atoms with Crippen LogP contribution in [0, 0.1) is 48.4 Å². The first-order valence-electron chi connectivity index (χ1n) is 23.8. The highest BCUT2D eigenvalue weighted by atomic mass is 32.2. The molecular formula is C52H63N4O9S2+. The Morgan fingerprint density at radius 1 is 0.896 bits per heavy atom. The smallest absolute Gasteiger partial charge is 0.269 e. The number of nitrogens with one attached hydrogen (secondary N) is 1. The predicted octanol–water partition coefficient (Wildman–Crippen LogP) is 7.68. The lowest BCUT2D eigenvalue weighted by atomic mass is 9.50. The minimum atomic E-state index is -4.39. The van der Waals surface area contributed by atoms with Crippen molar-refractivity contribution in [3.63, 3.8) is 0 Å².